The summed E-state index contributed by atoms with van der Waals surface area (Å²) in [6.45, 7) is 0.775. The van der Waals surface area contributed by atoms with E-state index in [9.17, 15) is 0 Å². The van der Waals surface area contributed by atoms with Crippen LogP contribution in [-0.4, -0.2) is 13.7 Å². The van der Waals surface area contributed by atoms with Crippen LogP contribution >= 0.6 is 0 Å². The summed E-state index contributed by atoms with van der Waals surface area (Å²) < 4.78 is 5.51. The molecule has 3 rings (SSSR count). The highest BCUT2D eigenvalue weighted by atomic mass is 16.5. The fraction of sp³-hybridized carbons (Fsp3) is 0.333. The zero-order chi connectivity index (χ0) is 11.8. The lowest BCUT2D eigenvalue weighted by Gasteiger charge is -2.11. The third-order valence-corrected chi connectivity index (χ3v) is 3.75. The van der Waals surface area contributed by atoms with Gasteiger partial charge in [0.15, 0.2) is 0 Å². The summed E-state index contributed by atoms with van der Waals surface area (Å²) in [6, 6.07) is 12.7. The smallest absolute Gasteiger partial charge is 0.122 e. The van der Waals surface area contributed by atoms with E-state index in [4.69, 9.17) is 10.5 Å². The van der Waals surface area contributed by atoms with E-state index >= 15 is 0 Å². The number of benzene rings is 2. The number of methoxy groups -OCH3 is 1. The van der Waals surface area contributed by atoms with Crippen molar-refractivity contribution < 1.29 is 4.74 Å². The molecule has 2 aromatic rings. The lowest BCUT2D eigenvalue weighted by Crippen LogP contribution is -2.03. The van der Waals surface area contributed by atoms with E-state index in [1.54, 1.807) is 7.11 Å². The Morgan fingerprint density at radius 3 is 2.76 bits per heavy atom. The van der Waals surface area contributed by atoms with Crippen LogP contribution in [0.1, 0.15) is 17.9 Å². The molecule has 17 heavy (non-hydrogen) atoms. The van der Waals surface area contributed by atoms with Gasteiger partial charge < -0.3 is 10.5 Å². The van der Waals surface area contributed by atoms with Crippen molar-refractivity contribution in [2.45, 2.75) is 12.3 Å². The first kappa shape index (κ1) is 10.6. The molecular weight excluding hydrogens is 210 g/mol. The summed E-state index contributed by atoms with van der Waals surface area (Å²) in [5.41, 5.74) is 7.10. The third-order valence-electron chi connectivity index (χ3n) is 3.75. The van der Waals surface area contributed by atoms with E-state index in [1.165, 1.54) is 22.8 Å². The van der Waals surface area contributed by atoms with Gasteiger partial charge in [0, 0.05) is 5.56 Å². The van der Waals surface area contributed by atoms with Crippen molar-refractivity contribution in [1.82, 2.24) is 0 Å². The van der Waals surface area contributed by atoms with Crippen molar-refractivity contribution >= 4 is 10.8 Å². The SMILES string of the molecule is COc1ccc2ccccc2c1[C@H]1C[C@@H]1CN. The highest BCUT2D eigenvalue weighted by molar-refractivity contribution is 5.88. The fourth-order valence-electron chi connectivity index (χ4n) is 2.70. The number of nitrogens with two attached hydrogens (primary N) is 1. The lowest BCUT2D eigenvalue weighted by atomic mass is 9.99. The maximum atomic E-state index is 5.76. The van der Waals surface area contributed by atoms with Crippen LogP contribution in [-0.2, 0) is 0 Å². The molecule has 2 heteroatoms. The standard InChI is InChI=1S/C15H17NO/c1-17-14-7-6-10-4-2-3-5-12(10)15(14)13-8-11(13)9-16/h2-7,11,13H,8-9,16H2,1H3/t11-,13+/m1/s1. The Morgan fingerprint density at radius 2 is 2.06 bits per heavy atom. The topological polar surface area (TPSA) is 35.2 Å². The van der Waals surface area contributed by atoms with Crippen LogP contribution in [0.5, 0.6) is 5.75 Å². The second kappa shape index (κ2) is 4.04. The van der Waals surface area contributed by atoms with Gasteiger partial charge in [-0.3, -0.25) is 0 Å². The van der Waals surface area contributed by atoms with Crippen molar-refractivity contribution in [1.29, 1.82) is 0 Å². The van der Waals surface area contributed by atoms with Crippen LogP contribution in [0, 0.1) is 5.92 Å². The second-order valence-corrected chi connectivity index (χ2v) is 4.74. The van der Waals surface area contributed by atoms with Gasteiger partial charge in [0.2, 0.25) is 0 Å². The van der Waals surface area contributed by atoms with E-state index < -0.39 is 0 Å². The highest BCUT2D eigenvalue weighted by Crippen LogP contribution is 2.51. The quantitative estimate of drug-likeness (QED) is 0.875. The van der Waals surface area contributed by atoms with E-state index in [2.05, 4.69) is 36.4 Å². The van der Waals surface area contributed by atoms with Crippen molar-refractivity contribution in [2.24, 2.45) is 11.7 Å². The molecule has 2 N–H and O–H groups in total. The Labute approximate surface area is 101 Å². The van der Waals surface area contributed by atoms with Crippen LogP contribution in [0.2, 0.25) is 0 Å². The van der Waals surface area contributed by atoms with Crippen LogP contribution in [0.4, 0.5) is 0 Å². The highest BCUT2D eigenvalue weighted by Gasteiger charge is 2.39. The van der Waals surface area contributed by atoms with Crippen LogP contribution in [0.25, 0.3) is 10.8 Å². The Balaban J connectivity index is 2.18. The van der Waals surface area contributed by atoms with E-state index in [0.717, 1.165) is 12.3 Å². The molecule has 2 atom stereocenters. The fourth-order valence-corrected chi connectivity index (χ4v) is 2.70. The largest absolute Gasteiger partial charge is 0.496 e. The second-order valence-electron chi connectivity index (χ2n) is 4.74. The van der Waals surface area contributed by atoms with Gasteiger partial charge in [0.25, 0.3) is 0 Å². The number of rotatable bonds is 3. The average Bonchev–Trinajstić information content (AvgIpc) is 3.16. The van der Waals surface area contributed by atoms with Gasteiger partial charge in [-0.05, 0) is 41.6 Å². The summed E-state index contributed by atoms with van der Waals surface area (Å²) in [7, 11) is 1.74. The molecule has 1 fully saturated rings. The molecule has 2 aromatic carbocycles. The molecular formula is C15H17NO. The summed E-state index contributed by atoms with van der Waals surface area (Å²) in [5, 5.41) is 2.60. The van der Waals surface area contributed by atoms with Gasteiger partial charge in [0.1, 0.15) is 5.75 Å². The van der Waals surface area contributed by atoms with Crippen LogP contribution < -0.4 is 10.5 Å². The minimum Gasteiger partial charge on any atom is -0.496 e. The average molecular weight is 227 g/mol. The maximum absolute atomic E-state index is 5.76. The molecule has 0 saturated heterocycles. The van der Waals surface area contributed by atoms with E-state index in [1.807, 2.05) is 0 Å². The molecule has 2 nitrogen and oxygen atoms in total. The zero-order valence-electron chi connectivity index (χ0n) is 10.0. The van der Waals surface area contributed by atoms with Crippen LogP contribution in [0.15, 0.2) is 36.4 Å². The maximum Gasteiger partial charge on any atom is 0.122 e. The van der Waals surface area contributed by atoms with Crippen molar-refractivity contribution in [3.8, 4) is 5.75 Å². The Bertz CT molecular complexity index is 550. The third kappa shape index (κ3) is 1.69. The molecule has 88 valence electrons. The number of hydrogen-bond acceptors (Lipinski definition) is 2. The first-order valence-corrected chi connectivity index (χ1v) is 6.11. The molecule has 0 amide bonds. The van der Waals surface area contributed by atoms with Crippen molar-refractivity contribution in [3.63, 3.8) is 0 Å². The molecule has 1 saturated carbocycles. The van der Waals surface area contributed by atoms with Gasteiger partial charge >= 0.3 is 0 Å². The summed E-state index contributed by atoms with van der Waals surface area (Å²) in [6.07, 6.45) is 1.20. The Morgan fingerprint density at radius 1 is 1.24 bits per heavy atom. The Kier molecular flexibility index (Phi) is 2.52. The number of fused-ring (bicyclic) bond motifs is 1. The van der Waals surface area contributed by atoms with Crippen LogP contribution in [0.3, 0.4) is 0 Å². The first-order chi connectivity index (χ1) is 8.35. The molecule has 0 aromatic heterocycles. The monoisotopic (exact) mass is 227 g/mol. The molecule has 0 bridgehead atoms. The zero-order valence-corrected chi connectivity index (χ0v) is 10.0. The molecule has 0 unspecified atom stereocenters. The van der Waals surface area contributed by atoms with Gasteiger partial charge in [-0.2, -0.15) is 0 Å². The van der Waals surface area contributed by atoms with Crippen molar-refractivity contribution in [3.05, 3.63) is 42.0 Å². The summed E-state index contributed by atoms with van der Waals surface area (Å²) in [5.74, 6) is 2.22. The molecule has 0 aliphatic heterocycles. The van der Waals surface area contributed by atoms with E-state index in [0.29, 0.717) is 11.8 Å². The summed E-state index contributed by atoms with van der Waals surface area (Å²) in [4.78, 5) is 0. The molecule has 0 radical (unpaired) electrons. The Hall–Kier alpha value is -1.54. The lowest BCUT2D eigenvalue weighted by molar-refractivity contribution is 0.410. The minimum absolute atomic E-state index is 0.584. The first-order valence-electron chi connectivity index (χ1n) is 6.11. The van der Waals surface area contributed by atoms with E-state index in [-0.39, 0.29) is 0 Å². The number of ether oxygens (including phenoxy) is 1. The van der Waals surface area contributed by atoms with Gasteiger partial charge in [-0.1, -0.05) is 30.3 Å². The molecule has 1 aliphatic carbocycles. The van der Waals surface area contributed by atoms with Gasteiger partial charge in [0.05, 0.1) is 7.11 Å². The van der Waals surface area contributed by atoms with Gasteiger partial charge in [-0.25, -0.2) is 0 Å². The predicted molar refractivity (Wildman–Crippen MR) is 70.4 cm³/mol. The summed E-state index contributed by atoms with van der Waals surface area (Å²) >= 11 is 0. The molecule has 0 heterocycles. The predicted octanol–water partition coefficient (Wildman–Crippen LogP) is 2.91. The van der Waals surface area contributed by atoms with Gasteiger partial charge in [-0.15, -0.1) is 0 Å². The normalized spacial score (nSPS) is 22.7. The molecule has 1 aliphatic rings. The number of hydrogen-bond donors (Lipinski definition) is 1. The molecule has 0 spiro atoms. The van der Waals surface area contributed by atoms with Crippen molar-refractivity contribution in [2.75, 3.05) is 13.7 Å². The minimum atomic E-state index is 0.584.